The maximum absolute atomic E-state index is 12.5. The molecule has 0 saturated carbocycles. The molecule has 0 spiro atoms. The molecule has 1 aliphatic carbocycles. The highest BCUT2D eigenvalue weighted by atomic mass is 16.2. The van der Waals surface area contributed by atoms with E-state index < -0.39 is 0 Å². The van der Waals surface area contributed by atoms with Gasteiger partial charge in [-0.25, -0.2) is 0 Å². The van der Waals surface area contributed by atoms with E-state index >= 15 is 0 Å². The number of hydrogen-bond donors (Lipinski definition) is 2. The second kappa shape index (κ2) is 5.57. The molecule has 2 atom stereocenters. The Morgan fingerprint density at radius 2 is 2.30 bits per heavy atom. The van der Waals surface area contributed by atoms with Crippen molar-refractivity contribution in [3.8, 4) is 0 Å². The Morgan fingerprint density at radius 3 is 3.00 bits per heavy atom. The van der Waals surface area contributed by atoms with Crippen LogP contribution in [0.4, 0.5) is 0 Å². The number of carbonyl (C=O) groups excluding carboxylic acids is 1. The number of nitrogens with one attached hydrogen (secondary N) is 2. The second-order valence-corrected chi connectivity index (χ2v) is 6.17. The summed E-state index contributed by atoms with van der Waals surface area (Å²) in [5.74, 6) is 0.719. The summed E-state index contributed by atoms with van der Waals surface area (Å²) in [5.41, 5.74) is 2.56. The van der Waals surface area contributed by atoms with Crippen LogP contribution in [0.15, 0.2) is 24.3 Å². The summed E-state index contributed by atoms with van der Waals surface area (Å²) >= 11 is 0. The molecule has 0 bridgehead atoms. The van der Waals surface area contributed by atoms with Gasteiger partial charge >= 0.3 is 0 Å². The van der Waals surface area contributed by atoms with E-state index in [4.69, 9.17) is 0 Å². The van der Waals surface area contributed by atoms with Gasteiger partial charge in [0.05, 0.1) is 5.54 Å². The fourth-order valence-corrected chi connectivity index (χ4v) is 3.68. The number of hydrogen-bond acceptors (Lipinski definition) is 2. The summed E-state index contributed by atoms with van der Waals surface area (Å²) in [7, 11) is 0. The monoisotopic (exact) mass is 272 g/mol. The molecule has 3 heteroatoms. The molecule has 2 N–H and O–H groups in total. The molecule has 1 fully saturated rings. The molecular weight excluding hydrogens is 248 g/mol. The number of carbonyl (C=O) groups is 1. The molecule has 2 unspecified atom stereocenters. The molecule has 1 heterocycles. The Labute approximate surface area is 121 Å². The van der Waals surface area contributed by atoms with Gasteiger partial charge in [-0.05, 0) is 43.4 Å². The predicted molar refractivity (Wildman–Crippen MR) is 80.8 cm³/mol. The highest BCUT2D eigenvalue weighted by molar-refractivity contribution is 5.86. The largest absolute Gasteiger partial charge is 0.354 e. The number of amides is 1. The maximum Gasteiger partial charge on any atom is 0.240 e. The first kappa shape index (κ1) is 13.6. The summed E-state index contributed by atoms with van der Waals surface area (Å²) in [6, 6.07) is 8.55. The van der Waals surface area contributed by atoms with E-state index in [0.29, 0.717) is 5.92 Å². The van der Waals surface area contributed by atoms with Crippen LogP contribution in [-0.4, -0.2) is 24.5 Å². The van der Waals surface area contributed by atoms with Gasteiger partial charge in [0.25, 0.3) is 0 Å². The minimum Gasteiger partial charge on any atom is -0.354 e. The van der Waals surface area contributed by atoms with Gasteiger partial charge in [-0.2, -0.15) is 0 Å². The first-order valence-electron chi connectivity index (χ1n) is 7.86. The predicted octanol–water partition coefficient (Wildman–Crippen LogP) is 2.36. The third kappa shape index (κ3) is 2.35. The van der Waals surface area contributed by atoms with Crippen molar-refractivity contribution in [3.05, 3.63) is 35.4 Å². The summed E-state index contributed by atoms with van der Waals surface area (Å²) in [6.45, 7) is 3.90. The van der Waals surface area contributed by atoms with Gasteiger partial charge < -0.3 is 10.6 Å². The fourth-order valence-electron chi connectivity index (χ4n) is 3.68. The number of rotatable bonds is 5. The maximum atomic E-state index is 12.5. The van der Waals surface area contributed by atoms with Gasteiger partial charge in [-0.15, -0.1) is 0 Å². The van der Waals surface area contributed by atoms with E-state index in [-0.39, 0.29) is 11.4 Å². The van der Waals surface area contributed by atoms with Gasteiger partial charge in [-0.3, -0.25) is 4.79 Å². The average Bonchev–Trinajstić information content (AvgIpc) is 2.90. The van der Waals surface area contributed by atoms with E-state index in [9.17, 15) is 4.79 Å². The van der Waals surface area contributed by atoms with Gasteiger partial charge in [0.2, 0.25) is 5.91 Å². The molecule has 0 radical (unpaired) electrons. The lowest BCUT2D eigenvalue weighted by molar-refractivity contribution is -0.127. The van der Waals surface area contributed by atoms with Crippen LogP contribution in [0, 0.1) is 0 Å². The standard InChI is InChI=1S/C17H24N2O/c1-2-8-17(9-5-10-19-17)16(20)18-12-14-11-13-6-3-4-7-15(13)14/h3-4,6-7,14,19H,2,5,8-12H2,1H3,(H,18,20). The zero-order valence-electron chi connectivity index (χ0n) is 12.2. The molecule has 1 aromatic rings. The van der Waals surface area contributed by atoms with E-state index in [1.807, 2.05) is 0 Å². The molecular formula is C17H24N2O. The molecule has 2 aliphatic rings. The molecule has 0 aromatic heterocycles. The molecule has 1 aliphatic heterocycles. The summed E-state index contributed by atoms with van der Waals surface area (Å²) in [4.78, 5) is 12.5. The molecule has 20 heavy (non-hydrogen) atoms. The second-order valence-electron chi connectivity index (χ2n) is 6.17. The van der Waals surface area contributed by atoms with Gasteiger partial charge in [0, 0.05) is 12.5 Å². The van der Waals surface area contributed by atoms with Crippen molar-refractivity contribution in [2.24, 2.45) is 0 Å². The number of fused-ring (bicyclic) bond motifs is 1. The van der Waals surface area contributed by atoms with E-state index in [1.165, 1.54) is 11.1 Å². The Morgan fingerprint density at radius 1 is 1.45 bits per heavy atom. The quantitative estimate of drug-likeness (QED) is 0.864. The van der Waals surface area contributed by atoms with Gasteiger partial charge in [-0.1, -0.05) is 37.6 Å². The van der Waals surface area contributed by atoms with Crippen molar-refractivity contribution in [1.29, 1.82) is 0 Å². The Kier molecular flexibility index (Phi) is 3.79. The molecule has 3 nitrogen and oxygen atoms in total. The van der Waals surface area contributed by atoms with Crippen molar-refractivity contribution < 1.29 is 4.79 Å². The van der Waals surface area contributed by atoms with E-state index in [1.54, 1.807) is 0 Å². The molecule has 1 saturated heterocycles. The summed E-state index contributed by atoms with van der Waals surface area (Å²) < 4.78 is 0. The Balaban J connectivity index is 1.58. The molecule has 108 valence electrons. The van der Waals surface area contributed by atoms with Crippen LogP contribution in [0.3, 0.4) is 0 Å². The van der Waals surface area contributed by atoms with Crippen molar-refractivity contribution in [3.63, 3.8) is 0 Å². The van der Waals surface area contributed by atoms with E-state index in [2.05, 4.69) is 41.8 Å². The topological polar surface area (TPSA) is 41.1 Å². The number of benzene rings is 1. The lowest BCUT2D eigenvalue weighted by atomic mass is 9.77. The smallest absolute Gasteiger partial charge is 0.240 e. The van der Waals surface area contributed by atoms with Crippen molar-refractivity contribution in [2.75, 3.05) is 13.1 Å². The lowest BCUT2D eigenvalue weighted by Crippen LogP contribution is -2.54. The highest BCUT2D eigenvalue weighted by Gasteiger charge is 2.40. The third-order valence-corrected chi connectivity index (χ3v) is 4.83. The zero-order valence-corrected chi connectivity index (χ0v) is 12.2. The first-order valence-corrected chi connectivity index (χ1v) is 7.86. The van der Waals surface area contributed by atoms with Crippen LogP contribution in [0.1, 0.15) is 49.7 Å². The molecule has 1 aromatic carbocycles. The summed E-state index contributed by atoms with van der Waals surface area (Å²) in [5, 5.41) is 6.63. The van der Waals surface area contributed by atoms with Crippen LogP contribution in [-0.2, 0) is 11.2 Å². The average molecular weight is 272 g/mol. The normalized spacial score (nSPS) is 27.8. The van der Waals surface area contributed by atoms with Crippen LogP contribution in [0.5, 0.6) is 0 Å². The Hall–Kier alpha value is -1.35. The van der Waals surface area contributed by atoms with Crippen LogP contribution in [0.2, 0.25) is 0 Å². The zero-order chi connectivity index (χ0) is 14.0. The van der Waals surface area contributed by atoms with Crippen LogP contribution < -0.4 is 10.6 Å². The van der Waals surface area contributed by atoms with Crippen LogP contribution >= 0.6 is 0 Å². The molecule has 3 rings (SSSR count). The fraction of sp³-hybridized carbons (Fsp3) is 0.588. The highest BCUT2D eigenvalue weighted by Crippen LogP contribution is 2.34. The van der Waals surface area contributed by atoms with Crippen molar-refractivity contribution in [1.82, 2.24) is 10.6 Å². The third-order valence-electron chi connectivity index (χ3n) is 4.83. The van der Waals surface area contributed by atoms with Crippen molar-refractivity contribution >= 4 is 5.91 Å². The first-order chi connectivity index (χ1) is 9.75. The summed E-state index contributed by atoms with van der Waals surface area (Å²) in [6.07, 6.45) is 5.19. The molecule has 1 amide bonds. The van der Waals surface area contributed by atoms with Crippen LogP contribution in [0.25, 0.3) is 0 Å². The Bertz CT molecular complexity index is 492. The minimum atomic E-state index is -0.294. The van der Waals surface area contributed by atoms with Gasteiger partial charge in [0.1, 0.15) is 0 Å². The lowest BCUT2D eigenvalue weighted by Gasteiger charge is -2.33. The SMILES string of the molecule is CCCC1(C(=O)NCC2Cc3ccccc32)CCCN1. The van der Waals surface area contributed by atoms with Crippen molar-refractivity contribution in [2.45, 2.75) is 50.5 Å². The van der Waals surface area contributed by atoms with Gasteiger partial charge in [0.15, 0.2) is 0 Å². The minimum absolute atomic E-state index is 0.209. The van der Waals surface area contributed by atoms with E-state index in [0.717, 1.165) is 45.2 Å².